The molecule has 0 saturated heterocycles. The van der Waals surface area contributed by atoms with E-state index in [9.17, 15) is 9.18 Å². The van der Waals surface area contributed by atoms with E-state index >= 15 is 0 Å². The molecular weight excluding hydrogens is 255 g/mol. The predicted molar refractivity (Wildman–Crippen MR) is 77.4 cm³/mol. The zero-order chi connectivity index (χ0) is 14.5. The van der Waals surface area contributed by atoms with E-state index in [0.717, 1.165) is 25.7 Å². The van der Waals surface area contributed by atoms with E-state index in [1.54, 1.807) is 18.2 Å². The Kier molecular flexibility index (Phi) is 5.16. The van der Waals surface area contributed by atoms with E-state index in [4.69, 9.17) is 4.74 Å². The molecule has 1 aromatic carbocycles. The van der Waals surface area contributed by atoms with Crippen molar-refractivity contribution in [2.24, 2.45) is 11.8 Å². The molecule has 0 radical (unpaired) electrons. The zero-order valence-electron chi connectivity index (χ0n) is 12.3. The van der Waals surface area contributed by atoms with Crippen LogP contribution >= 0.6 is 0 Å². The molecule has 1 aliphatic rings. The SMILES string of the molecule is CCC1CCCC(C(=O)Cc2cccc(OC)c2F)C1. The Morgan fingerprint density at radius 2 is 2.20 bits per heavy atom. The molecule has 0 spiro atoms. The Balaban J connectivity index is 2.04. The molecular formula is C17H23FO2. The number of carbonyl (C=O) groups is 1. The average molecular weight is 278 g/mol. The van der Waals surface area contributed by atoms with Crippen LogP contribution in [-0.4, -0.2) is 12.9 Å². The molecule has 3 heteroatoms. The molecule has 0 bridgehead atoms. The minimum absolute atomic E-state index is 0.110. The highest BCUT2D eigenvalue weighted by molar-refractivity contribution is 5.83. The highest BCUT2D eigenvalue weighted by Crippen LogP contribution is 2.32. The summed E-state index contributed by atoms with van der Waals surface area (Å²) >= 11 is 0. The second-order valence-electron chi connectivity index (χ2n) is 5.71. The fraction of sp³-hybridized carbons (Fsp3) is 0.588. The van der Waals surface area contributed by atoms with Crippen molar-refractivity contribution < 1.29 is 13.9 Å². The summed E-state index contributed by atoms with van der Waals surface area (Å²) in [6.07, 6.45) is 5.60. The van der Waals surface area contributed by atoms with Gasteiger partial charge in [-0.05, 0) is 30.4 Å². The van der Waals surface area contributed by atoms with Crippen LogP contribution in [-0.2, 0) is 11.2 Å². The third-order valence-corrected chi connectivity index (χ3v) is 4.44. The first-order valence-electron chi connectivity index (χ1n) is 7.49. The number of hydrogen-bond acceptors (Lipinski definition) is 2. The first-order valence-corrected chi connectivity index (χ1v) is 7.49. The van der Waals surface area contributed by atoms with Gasteiger partial charge in [0.2, 0.25) is 0 Å². The first-order chi connectivity index (χ1) is 9.65. The summed E-state index contributed by atoms with van der Waals surface area (Å²) in [7, 11) is 1.44. The van der Waals surface area contributed by atoms with Crippen molar-refractivity contribution in [3.05, 3.63) is 29.6 Å². The third-order valence-electron chi connectivity index (χ3n) is 4.44. The maximum atomic E-state index is 14.1. The second kappa shape index (κ2) is 6.87. The molecule has 20 heavy (non-hydrogen) atoms. The lowest BCUT2D eigenvalue weighted by molar-refractivity contribution is -0.123. The van der Waals surface area contributed by atoms with Gasteiger partial charge in [-0.15, -0.1) is 0 Å². The normalized spacial score (nSPS) is 22.6. The van der Waals surface area contributed by atoms with Gasteiger partial charge in [-0.25, -0.2) is 4.39 Å². The molecule has 2 atom stereocenters. The van der Waals surface area contributed by atoms with Crippen molar-refractivity contribution in [1.29, 1.82) is 0 Å². The second-order valence-corrected chi connectivity index (χ2v) is 5.71. The van der Waals surface area contributed by atoms with Crippen LogP contribution in [0.25, 0.3) is 0 Å². The van der Waals surface area contributed by atoms with E-state index < -0.39 is 5.82 Å². The van der Waals surface area contributed by atoms with E-state index in [1.165, 1.54) is 13.5 Å². The Bertz CT molecular complexity index is 470. The topological polar surface area (TPSA) is 26.3 Å². The fourth-order valence-corrected chi connectivity index (χ4v) is 3.14. The number of ketones is 1. The number of rotatable bonds is 5. The van der Waals surface area contributed by atoms with Gasteiger partial charge in [-0.3, -0.25) is 4.79 Å². The van der Waals surface area contributed by atoms with Crippen LogP contribution in [0.4, 0.5) is 4.39 Å². The molecule has 2 unspecified atom stereocenters. The monoisotopic (exact) mass is 278 g/mol. The van der Waals surface area contributed by atoms with Gasteiger partial charge in [-0.1, -0.05) is 38.3 Å². The molecule has 0 heterocycles. The molecule has 2 nitrogen and oxygen atoms in total. The third kappa shape index (κ3) is 3.38. The van der Waals surface area contributed by atoms with E-state index in [1.807, 2.05) is 0 Å². The molecule has 1 aliphatic carbocycles. The van der Waals surface area contributed by atoms with Gasteiger partial charge in [-0.2, -0.15) is 0 Å². The lowest BCUT2D eigenvalue weighted by atomic mass is 9.77. The van der Waals surface area contributed by atoms with Gasteiger partial charge in [0.1, 0.15) is 5.78 Å². The van der Waals surface area contributed by atoms with Gasteiger partial charge in [0.25, 0.3) is 0 Å². The summed E-state index contributed by atoms with van der Waals surface area (Å²) in [5.41, 5.74) is 0.452. The molecule has 2 rings (SSSR count). The summed E-state index contributed by atoms with van der Waals surface area (Å²) in [6, 6.07) is 4.99. The lowest BCUT2D eigenvalue weighted by Gasteiger charge is -2.27. The zero-order valence-corrected chi connectivity index (χ0v) is 12.3. The summed E-state index contributed by atoms with van der Waals surface area (Å²) < 4.78 is 19.0. The Morgan fingerprint density at radius 1 is 1.40 bits per heavy atom. The van der Waals surface area contributed by atoms with Crippen LogP contribution < -0.4 is 4.74 Å². The summed E-state index contributed by atoms with van der Waals surface area (Å²) in [6.45, 7) is 2.18. The molecule has 0 aromatic heterocycles. The van der Waals surface area contributed by atoms with E-state index in [2.05, 4.69) is 6.92 Å². The predicted octanol–water partition coefficient (Wildman–Crippen LogP) is 4.16. The van der Waals surface area contributed by atoms with Crippen LogP contribution in [0.15, 0.2) is 18.2 Å². The van der Waals surface area contributed by atoms with Crippen molar-refractivity contribution in [1.82, 2.24) is 0 Å². The van der Waals surface area contributed by atoms with Crippen molar-refractivity contribution >= 4 is 5.78 Å². The highest BCUT2D eigenvalue weighted by Gasteiger charge is 2.26. The Labute approximate surface area is 120 Å². The quantitative estimate of drug-likeness (QED) is 0.808. The maximum Gasteiger partial charge on any atom is 0.168 e. The minimum atomic E-state index is -0.397. The molecule has 0 amide bonds. The number of ether oxygens (including phenoxy) is 1. The molecule has 1 saturated carbocycles. The number of carbonyl (C=O) groups excluding carboxylic acids is 1. The van der Waals surface area contributed by atoms with E-state index in [-0.39, 0.29) is 23.9 Å². The number of halogens is 1. The van der Waals surface area contributed by atoms with Gasteiger partial charge < -0.3 is 4.74 Å². The van der Waals surface area contributed by atoms with E-state index in [0.29, 0.717) is 11.5 Å². The maximum absolute atomic E-state index is 14.1. The minimum Gasteiger partial charge on any atom is -0.494 e. The highest BCUT2D eigenvalue weighted by atomic mass is 19.1. The summed E-state index contributed by atoms with van der Waals surface area (Å²) in [5.74, 6) is 0.763. The van der Waals surface area contributed by atoms with Crippen molar-refractivity contribution in [2.45, 2.75) is 45.4 Å². The van der Waals surface area contributed by atoms with Crippen LogP contribution in [0, 0.1) is 17.7 Å². The largest absolute Gasteiger partial charge is 0.494 e. The first kappa shape index (κ1) is 15.0. The smallest absolute Gasteiger partial charge is 0.168 e. The Hall–Kier alpha value is -1.38. The fourth-order valence-electron chi connectivity index (χ4n) is 3.14. The number of benzene rings is 1. The number of methoxy groups -OCH3 is 1. The van der Waals surface area contributed by atoms with Crippen LogP contribution in [0.5, 0.6) is 5.75 Å². The molecule has 0 N–H and O–H groups in total. The number of Topliss-reactive ketones (excluding diaryl/α,β-unsaturated/α-hetero) is 1. The molecule has 1 fully saturated rings. The standard InChI is InChI=1S/C17H23FO2/c1-3-12-6-4-7-13(10-12)15(19)11-14-8-5-9-16(20-2)17(14)18/h5,8-9,12-13H,3-4,6-7,10-11H2,1-2H3. The Morgan fingerprint density at radius 3 is 2.90 bits per heavy atom. The van der Waals surface area contributed by atoms with Crippen molar-refractivity contribution in [2.75, 3.05) is 7.11 Å². The van der Waals surface area contributed by atoms with Crippen LogP contribution in [0.1, 0.15) is 44.6 Å². The van der Waals surface area contributed by atoms with Crippen LogP contribution in [0.3, 0.4) is 0 Å². The number of hydrogen-bond donors (Lipinski definition) is 0. The molecule has 110 valence electrons. The van der Waals surface area contributed by atoms with Gasteiger partial charge in [0.05, 0.1) is 7.11 Å². The van der Waals surface area contributed by atoms with Crippen molar-refractivity contribution in [3.63, 3.8) is 0 Å². The summed E-state index contributed by atoms with van der Waals surface area (Å²) in [5, 5.41) is 0. The lowest BCUT2D eigenvalue weighted by Crippen LogP contribution is -2.24. The molecule has 0 aliphatic heterocycles. The van der Waals surface area contributed by atoms with Gasteiger partial charge >= 0.3 is 0 Å². The average Bonchev–Trinajstić information content (AvgIpc) is 2.49. The van der Waals surface area contributed by atoms with Crippen LogP contribution in [0.2, 0.25) is 0 Å². The molecule has 1 aromatic rings. The van der Waals surface area contributed by atoms with Gasteiger partial charge in [0.15, 0.2) is 11.6 Å². The van der Waals surface area contributed by atoms with Gasteiger partial charge in [0, 0.05) is 12.3 Å². The summed E-state index contributed by atoms with van der Waals surface area (Å²) in [4.78, 5) is 12.4. The van der Waals surface area contributed by atoms with Crippen molar-refractivity contribution in [3.8, 4) is 5.75 Å².